The number of ether oxygens (including phenoxy) is 6. The minimum Gasteiger partial charge on any atom is -0.462 e. The highest BCUT2D eigenvalue weighted by molar-refractivity contribution is 7.47. The molecule has 466 valence electrons. The number of hydrogen-bond acceptors (Lipinski definition) is 13. The molecule has 16 nitrogen and oxygen atoms in total. The highest BCUT2D eigenvalue weighted by Crippen LogP contribution is 2.43. The average Bonchev–Trinajstić information content (AvgIpc) is 3.46. The van der Waals surface area contributed by atoms with E-state index in [1.165, 1.54) is 89.9 Å². The number of amides is 2. The smallest absolute Gasteiger partial charge is 0.462 e. The van der Waals surface area contributed by atoms with Crippen molar-refractivity contribution >= 4 is 31.6 Å². The minimum atomic E-state index is -4.65. The maximum atomic E-state index is 12.9. The van der Waals surface area contributed by atoms with Gasteiger partial charge in [-0.15, -0.1) is 6.42 Å². The second-order valence-electron chi connectivity index (χ2n) is 20.2. The number of phosphoric ester groups is 1. The van der Waals surface area contributed by atoms with Crippen molar-refractivity contribution in [2.75, 3.05) is 85.8 Å². The van der Waals surface area contributed by atoms with Crippen LogP contribution in [-0.2, 0) is 61.2 Å². The fourth-order valence-corrected chi connectivity index (χ4v) is 8.74. The van der Waals surface area contributed by atoms with Gasteiger partial charge in [0, 0.05) is 58.0 Å². The van der Waals surface area contributed by atoms with E-state index in [9.17, 15) is 28.6 Å². The summed E-state index contributed by atoms with van der Waals surface area (Å²) in [7, 11) is -4.65. The Hall–Kier alpha value is -4.37. The Kier molecular flexibility index (Phi) is 59.3. The predicted octanol–water partition coefficient (Wildman–Crippen LogP) is 12.2. The highest BCUT2D eigenvalue weighted by atomic mass is 31.2. The van der Waals surface area contributed by atoms with Gasteiger partial charge in [-0.1, -0.05) is 179 Å². The van der Waals surface area contributed by atoms with Crippen molar-refractivity contribution < 1.29 is 66.1 Å². The fourth-order valence-electron chi connectivity index (χ4n) is 7.99. The Bertz CT molecular complexity index is 1930. The second-order valence-corrected chi connectivity index (χ2v) is 21.7. The van der Waals surface area contributed by atoms with Crippen molar-refractivity contribution in [1.29, 1.82) is 0 Å². The molecule has 82 heavy (non-hydrogen) atoms. The molecule has 17 heteroatoms. The van der Waals surface area contributed by atoms with Gasteiger partial charge in [0.1, 0.15) is 6.61 Å². The molecule has 0 rings (SSSR count). The number of hydrogen-bond donors (Lipinski definition) is 3. The van der Waals surface area contributed by atoms with Crippen molar-refractivity contribution in [3.8, 4) is 59.7 Å². The number of unbranched alkanes of at least 4 members (excludes halogenated alkanes) is 28. The zero-order chi connectivity index (χ0) is 59.8. The average molecular weight is 1170 g/mol. The van der Waals surface area contributed by atoms with E-state index < -0.39 is 38.4 Å². The summed E-state index contributed by atoms with van der Waals surface area (Å²) in [6.07, 6.45) is 39.4. The third-order valence-corrected chi connectivity index (χ3v) is 13.7. The first-order valence-corrected chi connectivity index (χ1v) is 32.8. The van der Waals surface area contributed by atoms with E-state index >= 15 is 0 Å². The largest absolute Gasteiger partial charge is 0.472 e. The molecule has 0 aromatic rings. The number of carbonyl (C=O) groups is 4. The van der Waals surface area contributed by atoms with Crippen molar-refractivity contribution in [3.05, 3.63) is 0 Å². The van der Waals surface area contributed by atoms with Gasteiger partial charge in [-0.05, 0) is 68.1 Å². The first-order chi connectivity index (χ1) is 40.1. The molecule has 0 aliphatic carbocycles. The van der Waals surface area contributed by atoms with Crippen LogP contribution in [0.2, 0.25) is 0 Å². The number of nitrogens with one attached hydrogen (secondary N) is 2. The normalized spacial score (nSPS) is 11.7. The fraction of sp³-hybridized carbons (Fsp3) is 0.785. The first-order valence-electron chi connectivity index (χ1n) is 31.3. The van der Waals surface area contributed by atoms with Crippen LogP contribution in [0.3, 0.4) is 0 Å². The molecule has 0 aliphatic heterocycles. The summed E-state index contributed by atoms with van der Waals surface area (Å²) in [5.41, 5.74) is 0. The topological polar surface area (TPSA) is 203 Å². The van der Waals surface area contributed by atoms with E-state index in [4.69, 9.17) is 43.9 Å². The maximum Gasteiger partial charge on any atom is 0.472 e. The third kappa shape index (κ3) is 61.7. The number of rotatable bonds is 57. The zero-order valence-corrected chi connectivity index (χ0v) is 51.7. The van der Waals surface area contributed by atoms with Crippen LogP contribution in [-0.4, -0.2) is 121 Å². The minimum absolute atomic E-state index is 0.0480. The van der Waals surface area contributed by atoms with Gasteiger partial charge in [0.15, 0.2) is 6.10 Å². The van der Waals surface area contributed by atoms with Gasteiger partial charge in [0.2, 0.25) is 5.91 Å². The van der Waals surface area contributed by atoms with Crippen LogP contribution in [0.15, 0.2) is 0 Å². The van der Waals surface area contributed by atoms with Crippen molar-refractivity contribution in [2.24, 2.45) is 0 Å². The molecule has 0 aromatic heterocycles. The lowest BCUT2D eigenvalue weighted by atomic mass is 10.1. The molecule has 0 bridgehead atoms. The first kappa shape index (κ1) is 77.6. The van der Waals surface area contributed by atoms with Crippen LogP contribution < -0.4 is 10.6 Å². The maximum absolute atomic E-state index is 12.9. The third-order valence-electron chi connectivity index (χ3n) is 12.7. The molecule has 2 amide bonds. The standard InChI is InChI=1S/C65H107N2O14P/c1-4-7-9-11-13-15-17-19-21-23-25-27-29-31-33-35-37-39-41-43-45-64(70)78-59-61(81-65(71)46-44-42-40-38-36-34-32-30-28-26-24-22-20-18-16-14-12-10-8-5-2)60-80-82(72,73)79-52-49-67-63(69)47-50-74-53-55-76-57-58-77-56-54-75-51-48-66-62(68)6-3/h3,61H,4-5,7-22,31-60H2,1-2H3,(H,66,68)(H,67,69)(H,72,73). The highest BCUT2D eigenvalue weighted by Gasteiger charge is 2.26. The molecule has 0 spiro atoms. The Labute approximate surface area is 496 Å². The lowest BCUT2D eigenvalue weighted by Crippen LogP contribution is -2.30. The number of phosphoric acid groups is 1. The molecular weight excluding hydrogens is 1060 g/mol. The van der Waals surface area contributed by atoms with Gasteiger partial charge >= 0.3 is 19.8 Å². The van der Waals surface area contributed by atoms with E-state index in [0.29, 0.717) is 59.0 Å². The molecule has 0 aliphatic rings. The van der Waals surface area contributed by atoms with Gasteiger partial charge in [-0.2, -0.15) is 0 Å². The van der Waals surface area contributed by atoms with Gasteiger partial charge in [0.25, 0.3) is 5.91 Å². The summed E-state index contributed by atoms with van der Waals surface area (Å²) < 4.78 is 55.6. The summed E-state index contributed by atoms with van der Waals surface area (Å²) in [5, 5.41) is 5.08. The summed E-state index contributed by atoms with van der Waals surface area (Å²) >= 11 is 0. The van der Waals surface area contributed by atoms with Crippen molar-refractivity contribution in [3.63, 3.8) is 0 Å². The molecule has 0 radical (unpaired) electrons. The molecule has 2 unspecified atom stereocenters. The predicted molar refractivity (Wildman–Crippen MR) is 325 cm³/mol. The Morgan fingerprint density at radius 3 is 1.26 bits per heavy atom. The lowest BCUT2D eigenvalue weighted by Gasteiger charge is -2.20. The van der Waals surface area contributed by atoms with Gasteiger partial charge in [-0.3, -0.25) is 28.2 Å². The van der Waals surface area contributed by atoms with Crippen LogP contribution in [0.1, 0.15) is 239 Å². The lowest BCUT2D eigenvalue weighted by molar-refractivity contribution is -0.161. The van der Waals surface area contributed by atoms with Crippen LogP contribution in [0, 0.1) is 59.7 Å². The zero-order valence-electron chi connectivity index (χ0n) is 50.8. The van der Waals surface area contributed by atoms with E-state index in [-0.39, 0.29) is 58.1 Å². The Morgan fingerprint density at radius 1 is 0.439 bits per heavy atom. The van der Waals surface area contributed by atoms with Crippen LogP contribution in [0.4, 0.5) is 0 Å². The van der Waals surface area contributed by atoms with Crippen molar-refractivity contribution in [2.45, 2.75) is 245 Å². The van der Waals surface area contributed by atoms with E-state index in [1.807, 2.05) is 5.92 Å². The summed E-state index contributed by atoms with van der Waals surface area (Å²) in [6.45, 7) is 5.97. The van der Waals surface area contributed by atoms with Gasteiger partial charge in [0.05, 0.1) is 66.1 Å². The molecular formula is C65H107N2O14P. The van der Waals surface area contributed by atoms with Gasteiger partial charge < -0.3 is 43.9 Å². The van der Waals surface area contributed by atoms with E-state index in [1.54, 1.807) is 0 Å². The summed E-state index contributed by atoms with van der Waals surface area (Å²) in [4.78, 5) is 59.2. The number of terminal acetylenes is 1. The second kappa shape index (κ2) is 62.7. The van der Waals surface area contributed by atoms with E-state index in [0.717, 1.165) is 103 Å². The number of esters is 2. The molecule has 3 N–H and O–H groups in total. The van der Waals surface area contributed by atoms with E-state index in [2.05, 4.69) is 71.8 Å². The van der Waals surface area contributed by atoms with Crippen LogP contribution in [0.5, 0.6) is 0 Å². The Balaban J connectivity index is 4.58. The van der Waals surface area contributed by atoms with Gasteiger partial charge in [-0.25, -0.2) is 4.57 Å². The number of carbonyl (C=O) groups excluding carboxylic acids is 4. The molecule has 0 aromatic carbocycles. The van der Waals surface area contributed by atoms with Crippen LogP contribution >= 0.6 is 7.82 Å². The summed E-state index contributed by atoms with van der Waals surface area (Å²) in [6, 6.07) is 0. The molecule has 0 saturated carbocycles. The molecule has 0 heterocycles. The molecule has 2 atom stereocenters. The molecule has 0 saturated heterocycles. The SMILES string of the molecule is C#CC(=O)NCCOCCOCCOCCOCCC(=O)NCCOP(=O)(O)OCC(COC(=O)CCCCCCCCC#CC#CCCCCCCCCCC)OC(=O)CCCCCCCCC#CC#CCCCCCCCCCC. The van der Waals surface area contributed by atoms with Crippen molar-refractivity contribution in [1.82, 2.24) is 10.6 Å². The molecule has 0 fully saturated rings. The van der Waals surface area contributed by atoms with Crippen LogP contribution in [0.25, 0.3) is 0 Å². The quantitative estimate of drug-likeness (QED) is 0.0224. The summed E-state index contributed by atoms with van der Waals surface area (Å²) in [5.74, 6) is 24.7. The Morgan fingerprint density at radius 2 is 0.817 bits per heavy atom. The monoisotopic (exact) mass is 1170 g/mol.